The molecule has 0 aromatic rings. The maximum Gasteiger partial charge on any atom is 0.328 e. The van der Waals surface area contributed by atoms with Crippen LogP contribution in [0.5, 0.6) is 0 Å². The zero-order valence-corrected chi connectivity index (χ0v) is 32.7. The fraction of sp³-hybridized carbons (Fsp3) is 0.750. The molecule has 1 fully saturated rings. The summed E-state index contributed by atoms with van der Waals surface area (Å²) in [5.74, 6) is -8.68. The number of amides is 6. The van der Waals surface area contributed by atoms with E-state index in [1.54, 1.807) is 34.6 Å². The summed E-state index contributed by atoms with van der Waals surface area (Å²) in [6.07, 6.45) is -4.38. The van der Waals surface area contributed by atoms with Gasteiger partial charge in [0.05, 0.1) is 18.6 Å². The lowest BCUT2D eigenvalue weighted by atomic mass is 9.84. The predicted molar refractivity (Wildman–Crippen MR) is 196 cm³/mol. The predicted octanol–water partition coefficient (Wildman–Crippen LogP) is -0.740. The van der Waals surface area contributed by atoms with Crippen molar-refractivity contribution >= 4 is 52.9 Å². The Kier molecular flexibility index (Phi) is 20.0. The first-order valence-electron chi connectivity index (χ1n) is 18.6. The molecule has 0 aromatic carbocycles. The van der Waals surface area contributed by atoms with Crippen LogP contribution in [0.15, 0.2) is 0 Å². The highest BCUT2D eigenvalue weighted by atomic mass is 16.5. The number of esters is 1. The van der Waals surface area contributed by atoms with Crippen molar-refractivity contribution in [2.45, 2.75) is 155 Å². The van der Waals surface area contributed by atoms with Crippen molar-refractivity contribution in [3.05, 3.63) is 0 Å². The number of aliphatic hydroxyl groups excluding tert-OH is 2. The van der Waals surface area contributed by atoms with E-state index in [2.05, 4.69) is 26.6 Å². The molecule has 0 aromatic heterocycles. The van der Waals surface area contributed by atoms with Gasteiger partial charge in [0, 0.05) is 24.5 Å². The maximum atomic E-state index is 14.0. The van der Waals surface area contributed by atoms with Crippen molar-refractivity contribution in [3.63, 3.8) is 0 Å². The normalized spacial score (nSPS) is 27.6. The van der Waals surface area contributed by atoms with E-state index < -0.39 is 126 Å². The van der Waals surface area contributed by atoms with Gasteiger partial charge in [-0.1, -0.05) is 40.5 Å². The van der Waals surface area contributed by atoms with E-state index in [4.69, 9.17) is 15.9 Å². The number of ketones is 1. The molecule has 11 unspecified atom stereocenters. The molecular weight excluding hydrogens is 706 g/mol. The van der Waals surface area contributed by atoms with Gasteiger partial charge in [-0.15, -0.1) is 0 Å². The molecule has 306 valence electrons. The van der Waals surface area contributed by atoms with E-state index in [-0.39, 0.29) is 25.7 Å². The van der Waals surface area contributed by atoms with Crippen LogP contribution >= 0.6 is 0 Å². The Balaban J connectivity index is 3.76. The molecule has 0 bridgehead atoms. The SMILES string of the molecule is CCC(C)C1CC(=O)C(NC(=O)CC(O)CCC(C)=N)C(C)OC(=O)C(C)NC(=O)C(CCC(N)=O)NC(=O)C(C(C)O)NC(=O)C(C(C)CC)NC1=O. The first kappa shape index (κ1) is 47.6. The highest BCUT2D eigenvalue weighted by molar-refractivity contribution is 5.97. The number of carbonyl (C=O) groups excluding carboxylic acids is 8. The van der Waals surface area contributed by atoms with Crippen LogP contribution in [0.1, 0.15) is 107 Å². The number of Topliss-reactive ketones (excluding diaryl/α,β-unsaturated/α-hetero) is 1. The molecule has 1 rings (SSSR count). The molecule has 1 saturated heterocycles. The van der Waals surface area contributed by atoms with E-state index in [9.17, 15) is 48.6 Å². The van der Waals surface area contributed by atoms with Crippen LogP contribution < -0.4 is 32.3 Å². The van der Waals surface area contributed by atoms with E-state index in [1.807, 2.05) is 0 Å². The van der Waals surface area contributed by atoms with Gasteiger partial charge in [0.25, 0.3) is 0 Å². The zero-order chi connectivity index (χ0) is 41.4. The topological polar surface area (TPSA) is 296 Å². The number of nitrogens with one attached hydrogen (secondary N) is 6. The molecule has 54 heavy (non-hydrogen) atoms. The number of rotatable bonds is 14. The molecule has 18 nitrogen and oxygen atoms in total. The number of carbonyl (C=O) groups is 8. The number of nitrogens with two attached hydrogens (primary N) is 1. The lowest BCUT2D eigenvalue weighted by Gasteiger charge is -2.31. The Morgan fingerprint density at radius 3 is 1.98 bits per heavy atom. The molecule has 0 radical (unpaired) electrons. The fourth-order valence-electron chi connectivity index (χ4n) is 5.73. The van der Waals surface area contributed by atoms with Gasteiger partial charge < -0.3 is 52.7 Å². The van der Waals surface area contributed by atoms with Crippen LogP contribution in [0.3, 0.4) is 0 Å². The Hall–Kier alpha value is -4.45. The minimum Gasteiger partial charge on any atom is -0.458 e. The molecule has 10 N–H and O–H groups in total. The number of cyclic esters (lactones) is 1. The molecule has 6 amide bonds. The number of ether oxygens (including phenoxy) is 1. The summed E-state index contributed by atoms with van der Waals surface area (Å²) in [6, 6.07) is -7.24. The second-order valence-electron chi connectivity index (χ2n) is 14.4. The second-order valence-corrected chi connectivity index (χ2v) is 14.4. The first-order chi connectivity index (χ1) is 25.1. The van der Waals surface area contributed by atoms with Crippen LogP contribution in [-0.4, -0.2) is 112 Å². The average Bonchev–Trinajstić information content (AvgIpc) is 3.09. The van der Waals surface area contributed by atoms with Crippen LogP contribution in [0.2, 0.25) is 0 Å². The molecular formula is C36H61N7O11. The van der Waals surface area contributed by atoms with Crippen LogP contribution in [0.4, 0.5) is 0 Å². The van der Waals surface area contributed by atoms with E-state index in [0.29, 0.717) is 18.6 Å². The number of hydrogen-bond acceptors (Lipinski definition) is 12. The monoisotopic (exact) mass is 767 g/mol. The minimum absolute atomic E-state index is 0.114. The highest BCUT2D eigenvalue weighted by Crippen LogP contribution is 2.23. The summed E-state index contributed by atoms with van der Waals surface area (Å²) in [5.41, 5.74) is 5.58. The quantitative estimate of drug-likeness (QED) is 0.0784. The second kappa shape index (κ2) is 22.7. The van der Waals surface area contributed by atoms with Crippen molar-refractivity contribution in [3.8, 4) is 0 Å². The summed E-state index contributed by atoms with van der Waals surface area (Å²) in [5, 5.41) is 41.0. The lowest BCUT2D eigenvalue weighted by Crippen LogP contribution is -2.61. The molecule has 1 heterocycles. The van der Waals surface area contributed by atoms with E-state index in [1.165, 1.54) is 20.8 Å². The van der Waals surface area contributed by atoms with Crippen molar-refractivity contribution in [2.24, 2.45) is 23.5 Å². The van der Waals surface area contributed by atoms with Gasteiger partial charge in [0.15, 0.2) is 5.78 Å². The van der Waals surface area contributed by atoms with Gasteiger partial charge in [-0.3, -0.25) is 33.6 Å². The van der Waals surface area contributed by atoms with Gasteiger partial charge in [-0.2, -0.15) is 0 Å². The standard InChI is InChI=1S/C36H61N7O11/c1-9-17(3)24-16-26(46)31(41-28(48)15-23(45)12-11-19(5)37)22(8)54-36(53)20(6)39-33(50)25(13-14-27(38)47)40-35(52)30(21(7)44)43-34(51)29(18(4)10-2)42-32(24)49/h17-18,20-25,29-31,37,44-45H,9-16H2,1-8H3,(H2,38,47)(H,39,50)(H,40,52)(H,41,48)(H,42,49)(H,43,51). The molecule has 1 aliphatic rings. The number of hydrogen-bond donors (Lipinski definition) is 9. The summed E-state index contributed by atoms with van der Waals surface area (Å²) in [6.45, 7) is 12.4. The third kappa shape index (κ3) is 15.5. The Bertz CT molecular complexity index is 1370. The third-order valence-corrected chi connectivity index (χ3v) is 9.68. The third-order valence-electron chi connectivity index (χ3n) is 9.68. The Morgan fingerprint density at radius 2 is 1.44 bits per heavy atom. The van der Waals surface area contributed by atoms with Crippen LogP contribution in [0, 0.1) is 23.2 Å². The van der Waals surface area contributed by atoms with Crippen molar-refractivity contribution in [2.75, 3.05) is 0 Å². The lowest BCUT2D eigenvalue weighted by molar-refractivity contribution is -0.155. The molecule has 0 aliphatic carbocycles. The Labute approximate surface area is 316 Å². The molecule has 1 aliphatic heterocycles. The summed E-state index contributed by atoms with van der Waals surface area (Å²) in [7, 11) is 0. The van der Waals surface area contributed by atoms with Crippen LogP contribution in [-0.2, 0) is 43.1 Å². The van der Waals surface area contributed by atoms with Gasteiger partial charge in [-0.25, -0.2) is 4.79 Å². The molecule has 18 heteroatoms. The van der Waals surface area contributed by atoms with Gasteiger partial charge >= 0.3 is 5.97 Å². The van der Waals surface area contributed by atoms with Gasteiger partial charge in [-0.05, 0) is 58.8 Å². The molecule has 11 atom stereocenters. The fourth-order valence-corrected chi connectivity index (χ4v) is 5.73. The highest BCUT2D eigenvalue weighted by Gasteiger charge is 2.39. The smallest absolute Gasteiger partial charge is 0.328 e. The summed E-state index contributed by atoms with van der Waals surface area (Å²) >= 11 is 0. The van der Waals surface area contributed by atoms with Crippen molar-refractivity contribution in [1.82, 2.24) is 26.6 Å². The molecule has 0 spiro atoms. The molecule has 0 saturated carbocycles. The number of primary amides is 1. The summed E-state index contributed by atoms with van der Waals surface area (Å²) < 4.78 is 5.54. The average molecular weight is 768 g/mol. The first-order valence-corrected chi connectivity index (χ1v) is 18.6. The maximum absolute atomic E-state index is 14.0. The minimum atomic E-state index is -1.63. The van der Waals surface area contributed by atoms with E-state index >= 15 is 0 Å². The zero-order valence-electron chi connectivity index (χ0n) is 32.7. The van der Waals surface area contributed by atoms with Crippen LogP contribution in [0.25, 0.3) is 0 Å². The largest absolute Gasteiger partial charge is 0.458 e. The summed E-state index contributed by atoms with van der Waals surface area (Å²) in [4.78, 5) is 107. The van der Waals surface area contributed by atoms with Gasteiger partial charge in [0.2, 0.25) is 35.4 Å². The van der Waals surface area contributed by atoms with Crippen molar-refractivity contribution in [1.29, 1.82) is 5.41 Å². The number of aliphatic hydroxyl groups is 2. The van der Waals surface area contributed by atoms with Gasteiger partial charge in [0.1, 0.15) is 36.3 Å². The van der Waals surface area contributed by atoms with Crippen molar-refractivity contribution < 1.29 is 53.3 Å². The Morgan fingerprint density at radius 1 is 0.870 bits per heavy atom. The van der Waals surface area contributed by atoms with E-state index in [0.717, 1.165) is 0 Å².